The molecule has 7 nitrogen and oxygen atoms in total. The van der Waals surface area contributed by atoms with Crippen molar-refractivity contribution in [2.75, 3.05) is 38.2 Å². The Morgan fingerprint density at radius 2 is 2.19 bits per heavy atom. The molecular formula is C24H37N5O2S. The topological polar surface area (TPSA) is 70.6 Å². The molecule has 1 amide bonds. The van der Waals surface area contributed by atoms with Crippen LogP contribution >= 0.6 is 11.5 Å². The second kappa shape index (κ2) is 12.2. The standard InChI is InChI=1S/C24H37N5O2S/c1-5-28(6-2)14-8-10-18(3)25-23(30)21-13-9-15-29(21)24-26-22(27-32-24)17-19-11-7-12-20(16-19)31-4/h7,11-12,16,18,21H,5-6,8-10,13-15,17H2,1-4H3,(H,25,30). The van der Waals surface area contributed by atoms with Gasteiger partial charge in [-0.3, -0.25) is 4.79 Å². The Morgan fingerprint density at radius 1 is 1.38 bits per heavy atom. The highest BCUT2D eigenvalue weighted by Crippen LogP contribution is 2.28. The van der Waals surface area contributed by atoms with Crippen LogP contribution in [0.2, 0.25) is 0 Å². The first-order chi connectivity index (χ1) is 15.5. The summed E-state index contributed by atoms with van der Waals surface area (Å²) in [7, 11) is 1.67. The summed E-state index contributed by atoms with van der Waals surface area (Å²) in [5.74, 6) is 1.73. The molecule has 2 atom stereocenters. The van der Waals surface area contributed by atoms with Crippen molar-refractivity contribution in [1.82, 2.24) is 19.6 Å². The maximum atomic E-state index is 13.0. The lowest BCUT2D eigenvalue weighted by Gasteiger charge is -2.25. The minimum Gasteiger partial charge on any atom is -0.497 e. The summed E-state index contributed by atoms with van der Waals surface area (Å²) in [4.78, 5) is 22.3. The Labute approximate surface area is 196 Å². The number of hydrogen-bond acceptors (Lipinski definition) is 7. The van der Waals surface area contributed by atoms with Gasteiger partial charge in [0.05, 0.1) is 7.11 Å². The molecule has 32 heavy (non-hydrogen) atoms. The summed E-state index contributed by atoms with van der Waals surface area (Å²) >= 11 is 1.39. The highest BCUT2D eigenvalue weighted by atomic mass is 32.1. The van der Waals surface area contributed by atoms with Crippen LogP contribution in [0.15, 0.2) is 24.3 Å². The number of aromatic nitrogens is 2. The maximum absolute atomic E-state index is 13.0. The maximum Gasteiger partial charge on any atom is 0.242 e. The normalized spacial score (nSPS) is 17.0. The summed E-state index contributed by atoms with van der Waals surface area (Å²) in [5, 5.41) is 4.08. The third-order valence-corrected chi connectivity index (χ3v) is 6.94. The lowest BCUT2D eigenvalue weighted by Crippen LogP contribution is -2.46. The Bertz CT molecular complexity index is 854. The van der Waals surface area contributed by atoms with Gasteiger partial charge in [-0.05, 0) is 69.9 Å². The first-order valence-electron chi connectivity index (χ1n) is 11.8. The highest BCUT2D eigenvalue weighted by Gasteiger charge is 2.33. The van der Waals surface area contributed by atoms with Gasteiger partial charge in [0.1, 0.15) is 17.6 Å². The van der Waals surface area contributed by atoms with Crippen LogP contribution in [0.5, 0.6) is 5.75 Å². The van der Waals surface area contributed by atoms with Gasteiger partial charge in [0, 0.05) is 30.5 Å². The predicted octanol–water partition coefficient (Wildman–Crippen LogP) is 3.73. The minimum atomic E-state index is -0.155. The lowest BCUT2D eigenvalue weighted by molar-refractivity contribution is -0.122. The SMILES string of the molecule is CCN(CC)CCCC(C)NC(=O)C1CCCN1c1nc(Cc2cccc(OC)c2)ns1. The number of hydrogen-bond donors (Lipinski definition) is 1. The number of ether oxygens (including phenoxy) is 1. The van der Waals surface area contributed by atoms with Crippen molar-refractivity contribution in [3.63, 3.8) is 0 Å². The number of anilines is 1. The van der Waals surface area contributed by atoms with Gasteiger partial charge in [0.25, 0.3) is 0 Å². The Balaban J connectivity index is 1.54. The van der Waals surface area contributed by atoms with Crippen molar-refractivity contribution in [3.8, 4) is 5.75 Å². The van der Waals surface area contributed by atoms with E-state index in [0.717, 1.165) is 74.1 Å². The Kier molecular flexibility index (Phi) is 9.29. The fourth-order valence-corrected chi connectivity index (χ4v) is 5.00. The number of rotatable bonds is 12. The molecule has 2 unspecified atom stereocenters. The van der Waals surface area contributed by atoms with Gasteiger partial charge in [-0.2, -0.15) is 4.37 Å². The summed E-state index contributed by atoms with van der Waals surface area (Å²) < 4.78 is 9.86. The summed E-state index contributed by atoms with van der Waals surface area (Å²) in [5.41, 5.74) is 1.11. The Morgan fingerprint density at radius 3 is 2.94 bits per heavy atom. The zero-order valence-electron chi connectivity index (χ0n) is 19.8. The highest BCUT2D eigenvalue weighted by molar-refractivity contribution is 7.09. The van der Waals surface area contributed by atoms with Gasteiger partial charge in [0.2, 0.25) is 11.0 Å². The fraction of sp³-hybridized carbons (Fsp3) is 0.625. The molecular weight excluding hydrogens is 422 g/mol. The second-order valence-electron chi connectivity index (χ2n) is 8.45. The van der Waals surface area contributed by atoms with E-state index in [1.807, 2.05) is 18.2 Å². The number of benzene rings is 1. The molecule has 2 aromatic rings. The third-order valence-electron chi connectivity index (χ3n) is 6.15. The van der Waals surface area contributed by atoms with Crippen LogP contribution < -0.4 is 15.0 Å². The van der Waals surface area contributed by atoms with E-state index < -0.39 is 0 Å². The molecule has 1 aliphatic rings. The zero-order chi connectivity index (χ0) is 22.9. The van der Waals surface area contributed by atoms with Gasteiger partial charge < -0.3 is 19.9 Å². The van der Waals surface area contributed by atoms with Crippen molar-refractivity contribution in [2.24, 2.45) is 0 Å². The molecule has 1 aromatic carbocycles. The number of nitrogens with zero attached hydrogens (tertiary/aromatic N) is 4. The molecule has 1 aliphatic heterocycles. The monoisotopic (exact) mass is 459 g/mol. The number of amides is 1. The van der Waals surface area contributed by atoms with E-state index in [1.54, 1.807) is 7.11 Å². The average Bonchev–Trinajstić information content (AvgIpc) is 3.46. The van der Waals surface area contributed by atoms with Gasteiger partial charge in [-0.15, -0.1) is 0 Å². The number of carbonyl (C=O) groups excluding carboxylic acids is 1. The average molecular weight is 460 g/mol. The Hall–Kier alpha value is -2.19. The van der Waals surface area contributed by atoms with E-state index in [4.69, 9.17) is 9.72 Å². The molecule has 0 bridgehead atoms. The molecule has 0 spiro atoms. The van der Waals surface area contributed by atoms with E-state index in [0.29, 0.717) is 6.42 Å². The van der Waals surface area contributed by atoms with Gasteiger partial charge >= 0.3 is 0 Å². The van der Waals surface area contributed by atoms with E-state index in [-0.39, 0.29) is 18.0 Å². The van der Waals surface area contributed by atoms with Crippen LogP contribution in [0, 0.1) is 0 Å². The number of carbonyl (C=O) groups is 1. The molecule has 1 N–H and O–H groups in total. The van der Waals surface area contributed by atoms with Crippen LogP contribution in [0.3, 0.4) is 0 Å². The van der Waals surface area contributed by atoms with Crippen molar-refractivity contribution in [2.45, 2.75) is 65.0 Å². The molecule has 176 valence electrons. The number of nitrogens with one attached hydrogen (secondary N) is 1. The van der Waals surface area contributed by atoms with Crippen molar-refractivity contribution in [3.05, 3.63) is 35.7 Å². The fourth-order valence-electron chi connectivity index (χ4n) is 4.24. The molecule has 0 saturated carbocycles. The summed E-state index contributed by atoms with van der Waals surface area (Å²) in [6, 6.07) is 8.00. The van der Waals surface area contributed by atoms with Crippen molar-refractivity contribution >= 4 is 22.6 Å². The second-order valence-corrected chi connectivity index (χ2v) is 9.18. The van der Waals surface area contributed by atoms with Gasteiger partial charge in [0.15, 0.2) is 0 Å². The van der Waals surface area contributed by atoms with Gasteiger partial charge in [-0.25, -0.2) is 4.98 Å². The van der Waals surface area contributed by atoms with E-state index >= 15 is 0 Å². The quantitative estimate of drug-likeness (QED) is 0.522. The lowest BCUT2D eigenvalue weighted by atomic mass is 10.1. The first kappa shape index (κ1) is 24.5. The van der Waals surface area contributed by atoms with Gasteiger partial charge in [-0.1, -0.05) is 26.0 Å². The summed E-state index contributed by atoms with van der Waals surface area (Å²) in [6.45, 7) is 10.6. The predicted molar refractivity (Wildman–Crippen MR) is 131 cm³/mol. The largest absolute Gasteiger partial charge is 0.497 e. The molecule has 0 aliphatic carbocycles. The first-order valence-corrected chi connectivity index (χ1v) is 12.6. The zero-order valence-corrected chi connectivity index (χ0v) is 20.7. The number of methoxy groups -OCH3 is 1. The molecule has 3 rings (SSSR count). The van der Waals surface area contributed by atoms with Crippen molar-refractivity contribution in [1.29, 1.82) is 0 Å². The molecule has 1 fully saturated rings. The molecule has 0 radical (unpaired) electrons. The smallest absolute Gasteiger partial charge is 0.242 e. The molecule has 8 heteroatoms. The molecule has 1 saturated heterocycles. The van der Waals surface area contributed by atoms with Crippen molar-refractivity contribution < 1.29 is 9.53 Å². The third kappa shape index (κ3) is 6.65. The van der Waals surface area contributed by atoms with E-state index in [2.05, 4.69) is 46.3 Å². The minimum absolute atomic E-state index is 0.113. The summed E-state index contributed by atoms with van der Waals surface area (Å²) in [6.07, 6.45) is 4.62. The van der Waals surface area contributed by atoms with Crippen LogP contribution in [0.25, 0.3) is 0 Å². The van der Waals surface area contributed by atoms with E-state index in [1.165, 1.54) is 11.5 Å². The molecule has 1 aromatic heterocycles. The van der Waals surface area contributed by atoms with E-state index in [9.17, 15) is 4.79 Å². The molecule has 2 heterocycles. The van der Waals surface area contributed by atoms with Crippen LogP contribution in [0.1, 0.15) is 57.8 Å². The van der Waals surface area contributed by atoms with Crippen LogP contribution in [0.4, 0.5) is 5.13 Å². The van der Waals surface area contributed by atoms with Crippen LogP contribution in [-0.2, 0) is 11.2 Å². The van der Waals surface area contributed by atoms with Crippen LogP contribution in [-0.4, -0.2) is 65.5 Å².